The van der Waals surface area contributed by atoms with Crippen molar-refractivity contribution in [3.63, 3.8) is 0 Å². The van der Waals surface area contributed by atoms with Crippen LogP contribution in [0.2, 0.25) is 10.0 Å². The zero-order valence-electron chi connectivity index (χ0n) is 19.8. The van der Waals surface area contributed by atoms with Crippen molar-refractivity contribution in [2.24, 2.45) is 5.92 Å². The van der Waals surface area contributed by atoms with Crippen LogP contribution >= 0.6 is 23.2 Å². The van der Waals surface area contributed by atoms with Crippen molar-refractivity contribution in [3.05, 3.63) is 70.1 Å². The number of ether oxygens (including phenoxy) is 3. The number of nitrogens with zero attached hydrogens (tertiary/aromatic N) is 2. The first kappa shape index (κ1) is 25.9. The Morgan fingerprint density at radius 3 is 2.58 bits per heavy atom. The first-order valence-electron chi connectivity index (χ1n) is 11.3. The minimum Gasteiger partial charge on any atom is -0.495 e. The Bertz CT molecular complexity index is 1300. The molecule has 10 heteroatoms. The predicted octanol–water partition coefficient (Wildman–Crippen LogP) is 4.43. The second-order valence-corrected chi connectivity index (χ2v) is 9.08. The van der Waals surface area contributed by atoms with Gasteiger partial charge in [0.1, 0.15) is 17.3 Å². The van der Waals surface area contributed by atoms with E-state index in [1.807, 2.05) is 0 Å². The molecule has 0 radical (unpaired) electrons. The van der Waals surface area contributed by atoms with E-state index in [1.54, 1.807) is 24.4 Å². The second-order valence-electron chi connectivity index (χ2n) is 8.32. The summed E-state index contributed by atoms with van der Waals surface area (Å²) in [5, 5.41) is 3.93. The number of hydrogen-bond acceptors (Lipinski definition) is 7. The number of carbonyl (C=O) groups is 2. The maximum atomic E-state index is 13.5. The quantitative estimate of drug-likeness (QED) is 0.340. The second kappa shape index (κ2) is 11.2. The van der Waals surface area contributed by atoms with Gasteiger partial charge in [-0.3, -0.25) is 9.59 Å². The SMILES string of the molecule is C=CC(=O)NC1CCOCC1Cc1ncc2ccc(C(=O)c3c(Cl)c(OC)cc(OC)c3Cl)cc2n1. The molecule has 1 N–H and O–H groups in total. The van der Waals surface area contributed by atoms with Gasteiger partial charge in [-0.25, -0.2) is 9.97 Å². The van der Waals surface area contributed by atoms with E-state index in [0.717, 1.165) is 5.39 Å². The third-order valence-corrected chi connectivity index (χ3v) is 6.88. The maximum absolute atomic E-state index is 13.5. The summed E-state index contributed by atoms with van der Waals surface area (Å²) < 4.78 is 16.2. The largest absolute Gasteiger partial charge is 0.495 e. The number of hydrogen-bond donors (Lipinski definition) is 1. The first-order valence-corrected chi connectivity index (χ1v) is 12.0. The molecule has 1 aromatic heterocycles. The molecule has 1 fully saturated rings. The Kier molecular flexibility index (Phi) is 8.08. The van der Waals surface area contributed by atoms with Crippen LogP contribution in [-0.4, -0.2) is 55.1 Å². The van der Waals surface area contributed by atoms with E-state index in [4.69, 9.17) is 37.4 Å². The number of halogens is 2. The fourth-order valence-electron chi connectivity index (χ4n) is 4.19. The van der Waals surface area contributed by atoms with Crippen LogP contribution in [0, 0.1) is 5.92 Å². The lowest BCUT2D eigenvalue weighted by atomic mass is 9.92. The van der Waals surface area contributed by atoms with Crippen molar-refractivity contribution in [2.45, 2.75) is 18.9 Å². The molecule has 1 amide bonds. The Hall–Kier alpha value is -3.20. The van der Waals surface area contributed by atoms with Crippen molar-refractivity contribution < 1.29 is 23.8 Å². The third-order valence-electron chi connectivity index (χ3n) is 6.13. The number of methoxy groups -OCH3 is 2. The van der Waals surface area contributed by atoms with E-state index in [2.05, 4.69) is 21.9 Å². The fraction of sp³-hybridized carbons (Fsp3) is 0.308. The standard InChI is InChI=1S/C26H25Cl2N3O5/c1-4-22(32)31-17-7-8-36-13-16(17)10-21-29-12-15-6-5-14(9-18(15)30-21)26(33)23-24(27)19(34-2)11-20(35-3)25(23)28/h4-6,9,11-12,16-17H,1,7-8,10,13H2,2-3H3,(H,31,32). The molecule has 0 spiro atoms. The van der Waals surface area contributed by atoms with Crippen molar-refractivity contribution >= 4 is 45.8 Å². The molecule has 188 valence electrons. The summed E-state index contributed by atoms with van der Waals surface area (Å²) in [5.41, 5.74) is 1.03. The Labute approximate surface area is 218 Å². The summed E-state index contributed by atoms with van der Waals surface area (Å²) in [6.45, 7) is 4.57. The number of fused-ring (bicyclic) bond motifs is 1. The molecule has 36 heavy (non-hydrogen) atoms. The van der Waals surface area contributed by atoms with Gasteiger partial charge < -0.3 is 19.5 Å². The number of rotatable bonds is 8. The van der Waals surface area contributed by atoms with E-state index < -0.39 is 5.78 Å². The van der Waals surface area contributed by atoms with Crippen LogP contribution in [0.4, 0.5) is 0 Å². The van der Waals surface area contributed by atoms with Crippen molar-refractivity contribution in [1.29, 1.82) is 0 Å². The minimum atomic E-state index is -0.392. The Balaban J connectivity index is 1.65. The van der Waals surface area contributed by atoms with Gasteiger partial charge in [0.05, 0.1) is 42.0 Å². The summed E-state index contributed by atoms with van der Waals surface area (Å²) in [6.07, 6.45) is 4.17. The van der Waals surface area contributed by atoms with E-state index in [-0.39, 0.29) is 45.0 Å². The van der Waals surface area contributed by atoms with Gasteiger partial charge in [0.15, 0.2) is 5.78 Å². The van der Waals surface area contributed by atoms with Gasteiger partial charge >= 0.3 is 0 Å². The molecule has 2 aromatic carbocycles. The number of nitrogens with one attached hydrogen (secondary N) is 1. The van der Waals surface area contributed by atoms with Gasteiger partial charge in [0, 0.05) is 48.2 Å². The highest BCUT2D eigenvalue weighted by atomic mass is 35.5. The molecule has 4 rings (SSSR count). The van der Waals surface area contributed by atoms with E-state index >= 15 is 0 Å². The van der Waals surface area contributed by atoms with Crippen molar-refractivity contribution in [2.75, 3.05) is 27.4 Å². The highest BCUT2D eigenvalue weighted by molar-refractivity contribution is 6.42. The number of amides is 1. The lowest BCUT2D eigenvalue weighted by Gasteiger charge is -2.31. The summed E-state index contributed by atoms with van der Waals surface area (Å²) >= 11 is 12.9. The van der Waals surface area contributed by atoms with Gasteiger partial charge in [-0.2, -0.15) is 0 Å². The summed E-state index contributed by atoms with van der Waals surface area (Å²) in [4.78, 5) is 34.5. The lowest BCUT2D eigenvalue weighted by molar-refractivity contribution is -0.118. The van der Waals surface area contributed by atoms with Crippen LogP contribution < -0.4 is 14.8 Å². The van der Waals surface area contributed by atoms with Crippen LogP contribution in [-0.2, 0) is 16.0 Å². The van der Waals surface area contributed by atoms with Crippen LogP contribution in [0.1, 0.15) is 28.2 Å². The molecule has 1 saturated heterocycles. The molecule has 2 heterocycles. The average Bonchev–Trinajstić information content (AvgIpc) is 2.89. The summed E-state index contributed by atoms with van der Waals surface area (Å²) in [6, 6.07) is 6.57. The van der Waals surface area contributed by atoms with Gasteiger partial charge in [0.25, 0.3) is 0 Å². The highest BCUT2D eigenvalue weighted by Gasteiger charge is 2.28. The zero-order chi connectivity index (χ0) is 25.8. The molecular formula is C26H25Cl2N3O5. The molecule has 1 aliphatic rings. The van der Waals surface area contributed by atoms with Crippen molar-refractivity contribution in [1.82, 2.24) is 15.3 Å². The molecule has 8 nitrogen and oxygen atoms in total. The van der Waals surface area contributed by atoms with Crippen LogP contribution in [0.3, 0.4) is 0 Å². The van der Waals surface area contributed by atoms with Crippen LogP contribution in [0.15, 0.2) is 43.1 Å². The highest BCUT2D eigenvalue weighted by Crippen LogP contribution is 2.41. The smallest absolute Gasteiger partial charge is 0.243 e. The van der Waals surface area contributed by atoms with Crippen LogP contribution in [0.25, 0.3) is 10.9 Å². The van der Waals surface area contributed by atoms with Gasteiger partial charge in [0.2, 0.25) is 5.91 Å². The van der Waals surface area contributed by atoms with E-state index in [1.165, 1.54) is 26.4 Å². The number of ketones is 1. The first-order chi connectivity index (χ1) is 17.4. The normalized spacial score (nSPS) is 17.4. The fourth-order valence-corrected chi connectivity index (χ4v) is 4.87. The minimum absolute atomic E-state index is 0.00627. The monoisotopic (exact) mass is 529 g/mol. The zero-order valence-corrected chi connectivity index (χ0v) is 21.4. The molecular weight excluding hydrogens is 505 g/mol. The Morgan fingerprint density at radius 2 is 1.92 bits per heavy atom. The number of benzene rings is 2. The Morgan fingerprint density at radius 1 is 1.19 bits per heavy atom. The predicted molar refractivity (Wildman–Crippen MR) is 137 cm³/mol. The third kappa shape index (κ3) is 5.31. The van der Waals surface area contributed by atoms with Crippen molar-refractivity contribution in [3.8, 4) is 11.5 Å². The maximum Gasteiger partial charge on any atom is 0.243 e. The molecule has 1 aliphatic heterocycles. The van der Waals surface area contributed by atoms with Gasteiger partial charge in [-0.15, -0.1) is 0 Å². The average molecular weight is 530 g/mol. The van der Waals surface area contributed by atoms with E-state index in [9.17, 15) is 9.59 Å². The molecule has 0 saturated carbocycles. The number of aromatic nitrogens is 2. The molecule has 3 aromatic rings. The topological polar surface area (TPSA) is 99.6 Å². The van der Waals surface area contributed by atoms with E-state index in [0.29, 0.717) is 43.0 Å². The molecule has 0 aliphatic carbocycles. The molecule has 2 atom stereocenters. The van der Waals surface area contributed by atoms with Gasteiger partial charge in [-0.05, 0) is 18.6 Å². The van der Waals surface area contributed by atoms with Crippen LogP contribution in [0.5, 0.6) is 11.5 Å². The number of carbonyl (C=O) groups excluding carboxylic acids is 2. The molecule has 0 bridgehead atoms. The summed E-state index contributed by atoms with van der Waals surface area (Å²) in [5.74, 6) is 0.531. The van der Waals surface area contributed by atoms with Gasteiger partial charge in [-0.1, -0.05) is 41.9 Å². The lowest BCUT2D eigenvalue weighted by Crippen LogP contribution is -2.46. The molecule has 2 unspecified atom stereocenters. The summed E-state index contributed by atoms with van der Waals surface area (Å²) in [7, 11) is 2.89.